The molecular weight excluding hydrogens is 400 g/mol. The number of aliphatic hydroxyl groups is 2. The summed E-state index contributed by atoms with van der Waals surface area (Å²) in [6, 6.07) is 0. The number of aliphatic hydroxyl groups excluding tert-OH is 2. The summed E-state index contributed by atoms with van der Waals surface area (Å²) in [6.07, 6.45) is -1.55. The molecule has 0 spiro atoms. The number of hydrogen-bond acceptors (Lipinski definition) is 7. The fourth-order valence-corrected chi connectivity index (χ4v) is 5.15. The minimum atomic E-state index is -2.38. The van der Waals surface area contributed by atoms with Crippen molar-refractivity contribution in [2.75, 3.05) is 19.8 Å². The largest absolute Gasteiger partial charge is 0.394 e. The van der Waals surface area contributed by atoms with Crippen molar-refractivity contribution in [2.24, 2.45) is 0 Å². The van der Waals surface area contributed by atoms with Crippen molar-refractivity contribution in [3.63, 3.8) is 0 Å². The van der Waals surface area contributed by atoms with Crippen LogP contribution < -0.4 is 16.9 Å². The second-order valence-corrected chi connectivity index (χ2v) is 13.4. The van der Waals surface area contributed by atoms with Gasteiger partial charge in [-0.3, -0.25) is 18.5 Å². The van der Waals surface area contributed by atoms with Crippen molar-refractivity contribution in [3.8, 4) is 0 Å². The predicted molar refractivity (Wildman–Crippen MR) is 106 cm³/mol. The maximum Gasteiger partial charge on any atom is 0.332 e. The lowest BCUT2D eigenvalue weighted by Crippen LogP contribution is -2.45. The van der Waals surface area contributed by atoms with E-state index in [1.807, 2.05) is 19.6 Å². The fourth-order valence-electron chi connectivity index (χ4n) is 3.59. The molecule has 0 amide bonds. The molecule has 29 heavy (non-hydrogen) atoms. The number of rotatable bonds is 8. The number of imidazole rings is 1. The summed E-state index contributed by atoms with van der Waals surface area (Å²) in [5.74, 6) is 0. The molecule has 0 radical (unpaired) electrons. The summed E-state index contributed by atoms with van der Waals surface area (Å²) in [5.41, 5.74) is -1.21. The molecular formula is C17H26N4O7Si. The molecule has 4 rings (SSSR count). The zero-order valence-corrected chi connectivity index (χ0v) is 17.7. The first-order chi connectivity index (χ1) is 13.6. The summed E-state index contributed by atoms with van der Waals surface area (Å²) in [6.45, 7) is 6.32. The van der Waals surface area contributed by atoms with Crippen molar-refractivity contribution >= 4 is 19.4 Å². The highest BCUT2D eigenvalue weighted by atomic mass is 28.3. The highest BCUT2D eigenvalue weighted by Gasteiger charge is 2.34. The molecule has 2 aromatic rings. The zero-order valence-electron chi connectivity index (χ0n) is 16.7. The van der Waals surface area contributed by atoms with Crippen molar-refractivity contribution in [1.29, 1.82) is 0 Å². The van der Waals surface area contributed by atoms with E-state index in [9.17, 15) is 24.6 Å². The summed E-state index contributed by atoms with van der Waals surface area (Å²) in [7, 11) is -2.38. The van der Waals surface area contributed by atoms with Crippen LogP contribution in [0.25, 0.3) is 11.2 Å². The number of aromatic nitrogens is 4. The van der Waals surface area contributed by atoms with E-state index in [0.717, 1.165) is 4.57 Å². The number of hydrogen-bond donors (Lipinski definition) is 2. The van der Waals surface area contributed by atoms with Crippen LogP contribution in [0.15, 0.2) is 14.4 Å². The number of epoxide rings is 2. The van der Waals surface area contributed by atoms with Gasteiger partial charge in [0.25, 0.3) is 5.56 Å². The normalized spacial score (nSPS) is 22.2. The van der Waals surface area contributed by atoms with Gasteiger partial charge in [0.15, 0.2) is 13.9 Å². The van der Waals surface area contributed by atoms with Crippen LogP contribution in [0.4, 0.5) is 0 Å². The van der Waals surface area contributed by atoms with Gasteiger partial charge in [0, 0.05) is 0 Å². The second kappa shape index (κ2) is 7.06. The van der Waals surface area contributed by atoms with E-state index < -0.39 is 37.9 Å². The van der Waals surface area contributed by atoms with Crippen LogP contribution in [0.1, 0.15) is 0 Å². The van der Waals surface area contributed by atoms with Gasteiger partial charge in [-0.25, -0.2) is 9.59 Å². The third kappa shape index (κ3) is 3.66. The van der Waals surface area contributed by atoms with Crippen LogP contribution >= 0.6 is 0 Å². The number of ether oxygens (including phenoxy) is 2. The average molecular weight is 427 g/mol. The summed E-state index contributed by atoms with van der Waals surface area (Å²) < 4.78 is 15.7. The SMILES string of the molecule is C[Si](C)(C)n1c(=O)n(CC(O)CO)c2c1c(=O)n(CC1CO1)c(=O)n2CC1CO1. The lowest BCUT2D eigenvalue weighted by molar-refractivity contribution is 0.0810. The standard InChI is InChI=1S/C17H26N4O7Si/c1-29(2,3)21-13-14(18(17(21)26)4-10(23)7-22)19(5-11-8-27-11)16(25)20(15(13)24)6-12-9-28-12/h10-12,22-23H,4-9H2,1-3H3. The number of nitrogens with zero attached hydrogens (tertiary/aromatic N) is 4. The molecule has 3 unspecified atom stereocenters. The van der Waals surface area contributed by atoms with Crippen molar-refractivity contribution < 1.29 is 19.7 Å². The molecule has 0 saturated carbocycles. The Morgan fingerprint density at radius 1 is 1.00 bits per heavy atom. The van der Waals surface area contributed by atoms with E-state index in [0.29, 0.717) is 13.2 Å². The van der Waals surface area contributed by atoms with Crippen LogP contribution in [0.3, 0.4) is 0 Å². The van der Waals surface area contributed by atoms with Gasteiger partial charge in [-0.1, -0.05) is 19.6 Å². The van der Waals surface area contributed by atoms with E-state index in [1.54, 1.807) is 0 Å². The van der Waals surface area contributed by atoms with Crippen LogP contribution in [-0.4, -0.2) is 74.5 Å². The van der Waals surface area contributed by atoms with E-state index in [4.69, 9.17) is 9.47 Å². The third-order valence-corrected chi connectivity index (χ3v) is 6.89. The highest BCUT2D eigenvalue weighted by molar-refractivity contribution is 6.75. The first-order valence-corrected chi connectivity index (χ1v) is 13.1. The predicted octanol–water partition coefficient (Wildman–Crippen LogP) is -2.04. The van der Waals surface area contributed by atoms with Crippen molar-refractivity contribution in [3.05, 3.63) is 31.3 Å². The second-order valence-electron chi connectivity index (χ2n) is 8.63. The van der Waals surface area contributed by atoms with Crippen molar-refractivity contribution in [1.82, 2.24) is 17.9 Å². The molecule has 2 N–H and O–H groups in total. The van der Waals surface area contributed by atoms with Gasteiger partial charge in [-0.2, -0.15) is 0 Å². The third-order valence-electron chi connectivity index (χ3n) is 5.13. The summed E-state index contributed by atoms with van der Waals surface area (Å²) in [4.78, 5) is 39.9. The molecule has 160 valence electrons. The fraction of sp³-hybridized carbons (Fsp3) is 0.706. The van der Waals surface area contributed by atoms with E-state index >= 15 is 0 Å². The lowest BCUT2D eigenvalue weighted by Gasteiger charge is -2.18. The van der Waals surface area contributed by atoms with Crippen LogP contribution in [-0.2, 0) is 29.1 Å². The van der Waals surface area contributed by atoms with Gasteiger partial charge in [0.2, 0.25) is 0 Å². The Labute approximate surface area is 166 Å². The van der Waals surface area contributed by atoms with E-state index in [1.165, 1.54) is 13.4 Å². The van der Waals surface area contributed by atoms with Gasteiger partial charge in [-0.05, 0) is 0 Å². The Morgan fingerprint density at radius 3 is 2.03 bits per heavy atom. The molecule has 2 aromatic heterocycles. The maximum absolute atomic E-state index is 13.4. The van der Waals surface area contributed by atoms with Crippen LogP contribution in [0.2, 0.25) is 19.6 Å². The summed E-state index contributed by atoms with van der Waals surface area (Å²) >= 11 is 0. The smallest absolute Gasteiger partial charge is 0.332 e. The highest BCUT2D eigenvalue weighted by Crippen LogP contribution is 2.18. The lowest BCUT2D eigenvalue weighted by atomic mass is 10.3. The molecule has 0 aliphatic carbocycles. The molecule has 12 heteroatoms. The van der Waals surface area contributed by atoms with Gasteiger partial charge < -0.3 is 23.9 Å². The molecule has 0 bridgehead atoms. The van der Waals surface area contributed by atoms with Gasteiger partial charge in [0.05, 0.1) is 57.8 Å². The van der Waals surface area contributed by atoms with Crippen molar-refractivity contribution in [2.45, 2.75) is 57.6 Å². The van der Waals surface area contributed by atoms with E-state index in [2.05, 4.69) is 0 Å². The minimum absolute atomic E-state index is 0.128. The van der Waals surface area contributed by atoms with Gasteiger partial charge in [0.1, 0.15) is 5.52 Å². The zero-order chi connectivity index (χ0) is 21.1. The molecule has 4 heterocycles. The first kappa shape index (κ1) is 20.3. The topological polar surface area (TPSA) is 136 Å². The maximum atomic E-state index is 13.4. The van der Waals surface area contributed by atoms with Gasteiger partial charge >= 0.3 is 11.4 Å². The molecule has 2 aliphatic rings. The first-order valence-electron chi connectivity index (χ1n) is 9.65. The Morgan fingerprint density at radius 2 is 1.55 bits per heavy atom. The molecule has 2 fully saturated rings. The summed E-state index contributed by atoms with van der Waals surface area (Å²) in [5, 5.41) is 19.3. The average Bonchev–Trinajstić information content (AvgIpc) is 3.55. The number of fused-ring (bicyclic) bond motifs is 1. The molecule has 11 nitrogen and oxygen atoms in total. The van der Waals surface area contributed by atoms with E-state index in [-0.39, 0.29) is 43.0 Å². The van der Waals surface area contributed by atoms with Crippen LogP contribution in [0.5, 0.6) is 0 Å². The quantitative estimate of drug-likeness (QED) is 0.367. The van der Waals surface area contributed by atoms with Crippen LogP contribution in [0, 0.1) is 0 Å². The monoisotopic (exact) mass is 426 g/mol. The molecule has 2 saturated heterocycles. The van der Waals surface area contributed by atoms with Gasteiger partial charge in [-0.15, -0.1) is 0 Å². The minimum Gasteiger partial charge on any atom is -0.394 e. The molecule has 0 aromatic carbocycles. The Bertz CT molecular complexity index is 1110. The molecule has 2 aliphatic heterocycles. The Kier molecular flexibility index (Phi) is 4.94. The Hall–Kier alpha value is -1.99. The Balaban J connectivity index is 2.09. The molecule has 3 atom stereocenters.